The highest BCUT2D eigenvalue weighted by atomic mass is 127. The van der Waals surface area contributed by atoms with Gasteiger partial charge in [0.1, 0.15) is 17.0 Å². The van der Waals surface area contributed by atoms with Crippen molar-refractivity contribution < 1.29 is 36.0 Å². The number of halogens is 4. The van der Waals surface area contributed by atoms with E-state index in [1.54, 1.807) is 24.3 Å². The van der Waals surface area contributed by atoms with Gasteiger partial charge in [-0.2, -0.15) is 17.2 Å². The molecular formula is C27H26F2I2O6S. The van der Waals surface area contributed by atoms with E-state index in [0.29, 0.717) is 36.7 Å². The first-order valence-corrected chi connectivity index (χ1v) is 15.8. The normalized spacial score (nSPS) is 28.2. The molecule has 4 aliphatic rings. The summed E-state index contributed by atoms with van der Waals surface area (Å²) in [6, 6.07) is 10.2. The molecular weight excluding hydrogens is 744 g/mol. The maximum Gasteiger partial charge on any atom is 0.373 e. The van der Waals surface area contributed by atoms with Gasteiger partial charge in [-0.3, -0.25) is 4.55 Å². The van der Waals surface area contributed by atoms with Crippen LogP contribution in [-0.4, -0.2) is 35.4 Å². The number of rotatable bonds is 8. The third-order valence-electron chi connectivity index (χ3n) is 7.85. The highest BCUT2D eigenvalue weighted by Crippen LogP contribution is 2.60. The Morgan fingerprint density at radius 3 is 2.26 bits per heavy atom. The van der Waals surface area contributed by atoms with Crippen molar-refractivity contribution in [2.24, 2.45) is 11.8 Å². The number of carbonyl (C=O) groups is 1. The van der Waals surface area contributed by atoms with E-state index in [2.05, 4.69) is 6.58 Å². The molecule has 2 atom stereocenters. The molecule has 0 radical (unpaired) electrons. The van der Waals surface area contributed by atoms with Crippen LogP contribution >= 0.6 is 45.2 Å². The topological polar surface area (TPSA) is 89.9 Å². The van der Waals surface area contributed by atoms with Gasteiger partial charge in [-0.05, 0) is 125 Å². The summed E-state index contributed by atoms with van der Waals surface area (Å²) < 4.78 is 72.9. The highest BCUT2D eigenvalue weighted by molar-refractivity contribution is 14.1. The summed E-state index contributed by atoms with van der Waals surface area (Å²) in [6.07, 6.45) is 5.44. The summed E-state index contributed by atoms with van der Waals surface area (Å²) in [4.78, 5) is 13.1. The van der Waals surface area contributed by atoms with Crippen molar-refractivity contribution in [3.05, 3.63) is 66.8 Å². The smallest absolute Gasteiger partial charge is 0.373 e. The molecule has 6 nitrogen and oxygen atoms in total. The van der Waals surface area contributed by atoms with Crippen molar-refractivity contribution in [2.45, 2.75) is 61.4 Å². The molecule has 4 saturated carbocycles. The lowest BCUT2D eigenvalue weighted by Crippen LogP contribution is -2.62. The van der Waals surface area contributed by atoms with E-state index in [1.807, 2.05) is 57.3 Å². The van der Waals surface area contributed by atoms with Crippen LogP contribution in [0.4, 0.5) is 8.78 Å². The summed E-state index contributed by atoms with van der Waals surface area (Å²) in [6.45, 7) is 3.74. The van der Waals surface area contributed by atoms with Crippen LogP contribution < -0.4 is 4.74 Å². The van der Waals surface area contributed by atoms with Crippen LogP contribution in [-0.2, 0) is 21.3 Å². The molecule has 4 bridgehead atoms. The number of benzene rings is 2. The van der Waals surface area contributed by atoms with Crippen LogP contribution in [0.25, 0.3) is 6.08 Å². The van der Waals surface area contributed by atoms with Crippen LogP contribution in [0.15, 0.2) is 43.0 Å². The zero-order valence-corrected chi connectivity index (χ0v) is 25.4. The zero-order chi connectivity index (χ0) is 27.5. The summed E-state index contributed by atoms with van der Waals surface area (Å²) >= 11 is 3.87. The van der Waals surface area contributed by atoms with Gasteiger partial charge in [0, 0.05) is 9.99 Å². The van der Waals surface area contributed by atoms with Gasteiger partial charge < -0.3 is 9.47 Å². The van der Waals surface area contributed by atoms with Gasteiger partial charge in [-0.15, -0.1) is 0 Å². The maximum atomic E-state index is 14.0. The average molecular weight is 770 g/mol. The molecule has 4 fully saturated rings. The number of alkyl halides is 2. The molecule has 0 aliphatic heterocycles. The maximum absolute atomic E-state index is 14.0. The summed E-state index contributed by atoms with van der Waals surface area (Å²) in [7, 11) is -5.53. The van der Waals surface area contributed by atoms with Crippen LogP contribution in [0.2, 0.25) is 0 Å². The molecule has 0 saturated heterocycles. The van der Waals surface area contributed by atoms with E-state index in [1.165, 1.54) is 6.07 Å². The van der Waals surface area contributed by atoms with Crippen LogP contribution in [0, 0.1) is 19.0 Å². The van der Waals surface area contributed by atoms with Crippen LogP contribution in [0.1, 0.15) is 60.0 Å². The second-order valence-electron chi connectivity index (χ2n) is 10.8. The van der Waals surface area contributed by atoms with Crippen LogP contribution in [0.3, 0.4) is 0 Å². The van der Waals surface area contributed by atoms with E-state index >= 15 is 0 Å². The summed E-state index contributed by atoms with van der Waals surface area (Å²) in [5.41, 5.74) is 0.348. The molecule has 2 aromatic rings. The predicted molar refractivity (Wildman–Crippen MR) is 155 cm³/mol. The predicted octanol–water partition coefficient (Wildman–Crippen LogP) is 6.89. The number of ether oxygens (including phenoxy) is 2. The van der Waals surface area contributed by atoms with Gasteiger partial charge in [0.15, 0.2) is 0 Å². The Morgan fingerprint density at radius 1 is 1.08 bits per heavy atom. The summed E-state index contributed by atoms with van der Waals surface area (Å²) in [5, 5.41) is -4.29. The zero-order valence-electron chi connectivity index (χ0n) is 20.3. The molecule has 0 aromatic heterocycles. The van der Waals surface area contributed by atoms with E-state index in [4.69, 9.17) is 14.0 Å². The molecule has 1 N–H and O–H groups in total. The molecule has 6 rings (SSSR count). The van der Waals surface area contributed by atoms with Crippen molar-refractivity contribution in [1.29, 1.82) is 0 Å². The lowest BCUT2D eigenvalue weighted by atomic mass is 9.52. The fourth-order valence-electron chi connectivity index (χ4n) is 6.68. The lowest BCUT2D eigenvalue weighted by molar-refractivity contribution is -0.189. The Balaban J connectivity index is 1.37. The first-order chi connectivity index (χ1) is 17.7. The molecule has 38 heavy (non-hydrogen) atoms. The number of hydrogen-bond acceptors (Lipinski definition) is 5. The van der Waals surface area contributed by atoms with Crippen molar-refractivity contribution in [3.8, 4) is 5.75 Å². The van der Waals surface area contributed by atoms with Gasteiger partial charge in [-0.25, -0.2) is 4.79 Å². The van der Waals surface area contributed by atoms with E-state index in [0.717, 1.165) is 37.7 Å². The van der Waals surface area contributed by atoms with Crippen molar-refractivity contribution in [1.82, 2.24) is 0 Å². The minimum atomic E-state index is -5.53. The molecule has 2 aromatic carbocycles. The lowest BCUT2D eigenvalue weighted by Gasteiger charge is -2.60. The summed E-state index contributed by atoms with van der Waals surface area (Å²) in [5.74, 6) is 0.886. The van der Waals surface area contributed by atoms with Crippen molar-refractivity contribution in [3.63, 3.8) is 0 Å². The molecule has 0 heterocycles. The standard InChI is InChI=1S/C27H26F2I2O6S/c1-2-16-3-5-19(6-4-16)24(32)37-26-12-17-7-18(13-26)11-25(10-17,15-26)36-23-9-21(30)20(8-22(23)31)14-27(28,29)38(33,34)35/h2-6,8-9,17-18H,1,7,10-15H2,(H,33,34,35). The molecule has 11 heteroatoms. The second-order valence-corrected chi connectivity index (χ2v) is 14.7. The number of esters is 1. The fourth-order valence-corrected chi connectivity index (χ4v) is 8.28. The van der Waals surface area contributed by atoms with Gasteiger partial charge in [0.05, 0.1) is 15.6 Å². The monoisotopic (exact) mass is 770 g/mol. The number of hydrogen-bond donors (Lipinski definition) is 1. The second kappa shape index (κ2) is 9.95. The molecule has 0 amide bonds. The first kappa shape index (κ1) is 28.2. The largest absolute Gasteiger partial charge is 0.486 e. The Morgan fingerprint density at radius 2 is 1.68 bits per heavy atom. The van der Waals surface area contributed by atoms with E-state index in [-0.39, 0.29) is 11.5 Å². The molecule has 2 unspecified atom stereocenters. The van der Waals surface area contributed by atoms with Gasteiger partial charge >= 0.3 is 21.3 Å². The van der Waals surface area contributed by atoms with Crippen molar-refractivity contribution >= 4 is 67.3 Å². The minimum Gasteiger partial charge on any atom is -0.486 e. The minimum absolute atomic E-state index is 0.100. The molecule has 0 spiro atoms. The average Bonchev–Trinajstić information content (AvgIpc) is 2.80. The van der Waals surface area contributed by atoms with E-state index < -0.39 is 33.0 Å². The van der Waals surface area contributed by atoms with Crippen LogP contribution in [0.5, 0.6) is 5.75 Å². The van der Waals surface area contributed by atoms with Crippen molar-refractivity contribution in [2.75, 3.05) is 0 Å². The first-order valence-electron chi connectivity index (χ1n) is 12.2. The Labute approximate surface area is 247 Å². The Hall–Kier alpha value is -1.32. The molecule has 204 valence electrons. The SMILES string of the molecule is C=Cc1ccc(C(=O)OC23CC4CC(C2)CC(Oc2cc(I)c(CC(F)(F)S(=O)(=O)O)cc2I)(C4)C3)cc1. The fraction of sp³-hybridized carbons (Fsp3) is 0.444. The third-order valence-corrected chi connectivity index (χ3v) is 10.6. The van der Waals surface area contributed by atoms with Gasteiger partial charge in [0.25, 0.3) is 0 Å². The third kappa shape index (κ3) is 5.49. The molecule has 4 aliphatic carbocycles. The number of carbonyl (C=O) groups excluding carboxylic acids is 1. The van der Waals surface area contributed by atoms with E-state index in [9.17, 15) is 22.0 Å². The Kier molecular flexibility index (Phi) is 7.39. The van der Waals surface area contributed by atoms with Gasteiger partial charge in [0.2, 0.25) is 0 Å². The highest BCUT2D eigenvalue weighted by Gasteiger charge is 2.61. The quantitative estimate of drug-likeness (QED) is 0.179. The van der Waals surface area contributed by atoms with Gasteiger partial charge in [-0.1, -0.05) is 24.8 Å². The Bertz CT molecular complexity index is 1380.